The van der Waals surface area contributed by atoms with Gasteiger partial charge in [-0.2, -0.15) is 0 Å². The molecule has 0 bridgehead atoms. The molecule has 0 amide bonds. The number of aryl methyl sites for hydroxylation is 1. The van der Waals surface area contributed by atoms with E-state index in [-0.39, 0.29) is 22.5 Å². The highest BCUT2D eigenvalue weighted by atomic mass is 32.2. The molecule has 1 N–H and O–H groups in total. The van der Waals surface area contributed by atoms with Gasteiger partial charge in [-0.25, -0.2) is 8.42 Å². The van der Waals surface area contributed by atoms with Crippen molar-refractivity contribution >= 4 is 21.2 Å². The molecule has 5 nitrogen and oxygen atoms in total. The molecule has 6 heteroatoms. The minimum Gasteiger partial charge on any atom is -0.322 e. The number of ketones is 1. The van der Waals surface area contributed by atoms with Crippen LogP contribution in [0.25, 0.3) is 5.57 Å². The fourth-order valence-electron chi connectivity index (χ4n) is 3.90. The monoisotopic (exact) mass is 411 g/mol. The van der Waals surface area contributed by atoms with E-state index in [0.29, 0.717) is 29.9 Å². The number of H-pyrrole nitrogens is 1. The number of rotatable bonds is 6. The van der Waals surface area contributed by atoms with Crippen molar-refractivity contribution in [2.45, 2.75) is 55.6 Å². The lowest BCUT2D eigenvalue weighted by molar-refractivity contribution is -0.117. The predicted molar refractivity (Wildman–Crippen MR) is 113 cm³/mol. The normalized spacial score (nSPS) is 20.2. The first-order valence-corrected chi connectivity index (χ1v) is 11.7. The highest BCUT2D eigenvalue weighted by Gasteiger charge is 2.36. The Morgan fingerprint density at radius 2 is 1.79 bits per heavy atom. The number of carbonyl (C=O) groups is 1. The number of pyridine rings is 1. The third-order valence-corrected chi connectivity index (χ3v) is 8.08. The average molecular weight is 412 g/mol. The Labute approximate surface area is 170 Å². The summed E-state index contributed by atoms with van der Waals surface area (Å²) >= 11 is 0. The first-order chi connectivity index (χ1) is 13.9. The van der Waals surface area contributed by atoms with E-state index in [1.54, 1.807) is 24.3 Å². The van der Waals surface area contributed by atoms with Gasteiger partial charge in [0.2, 0.25) is 0 Å². The van der Waals surface area contributed by atoms with Crippen molar-refractivity contribution in [3.05, 3.63) is 69.6 Å². The molecular weight excluding hydrogens is 386 g/mol. The maximum atomic E-state index is 12.5. The van der Waals surface area contributed by atoms with Crippen LogP contribution in [0.3, 0.4) is 0 Å². The van der Waals surface area contributed by atoms with Gasteiger partial charge < -0.3 is 4.98 Å². The molecule has 152 valence electrons. The number of hydrogen-bond donors (Lipinski definition) is 1. The maximum absolute atomic E-state index is 12.5. The number of allylic oxidation sites excluding steroid dienone is 1. The minimum absolute atomic E-state index is 0.119. The Kier molecular flexibility index (Phi) is 5.30. The number of aromatic nitrogens is 1. The topological polar surface area (TPSA) is 84.1 Å². The summed E-state index contributed by atoms with van der Waals surface area (Å²) in [5.41, 5.74) is 2.95. The number of benzene rings is 1. The smallest absolute Gasteiger partial charge is 0.251 e. The highest BCUT2D eigenvalue weighted by Crippen LogP contribution is 2.35. The molecule has 0 spiro atoms. The second-order valence-electron chi connectivity index (χ2n) is 7.97. The maximum Gasteiger partial charge on any atom is 0.251 e. The van der Waals surface area contributed by atoms with E-state index in [1.165, 1.54) is 0 Å². The molecule has 29 heavy (non-hydrogen) atoms. The standard InChI is InChI=1S/C23H25NO4S/c1-2-16-6-12-22(24-23(16)26)21(14-15-3-7-18(25)13-15)17-4-8-19(9-5-17)29(27,28)20-10-11-20/h4-6,8-9,12,14-15,20H,2-3,7,10-11,13H2,1H3,(H,24,26)/b21-14+/t15-/m0/s1. The van der Waals surface area contributed by atoms with Crippen LogP contribution < -0.4 is 5.56 Å². The molecule has 1 atom stereocenters. The number of hydrogen-bond acceptors (Lipinski definition) is 4. The van der Waals surface area contributed by atoms with Crippen molar-refractivity contribution < 1.29 is 13.2 Å². The van der Waals surface area contributed by atoms with Crippen molar-refractivity contribution in [3.8, 4) is 0 Å². The van der Waals surface area contributed by atoms with E-state index in [1.807, 2.05) is 25.1 Å². The van der Waals surface area contributed by atoms with Crippen molar-refractivity contribution in [1.29, 1.82) is 0 Å². The van der Waals surface area contributed by atoms with Crippen molar-refractivity contribution in [3.63, 3.8) is 0 Å². The summed E-state index contributed by atoms with van der Waals surface area (Å²) < 4.78 is 25.0. The van der Waals surface area contributed by atoms with E-state index in [0.717, 1.165) is 36.0 Å². The molecule has 1 heterocycles. The Morgan fingerprint density at radius 3 is 2.34 bits per heavy atom. The summed E-state index contributed by atoms with van der Waals surface area (Å²) in [6, 6.07) is 10.6. The van der Waals surface area contributed by atoms with Gasteiger partial charge >= 0.3 is 0 Å². The largest absolute Gasteiger partial charge is 0.322 e. The van der Waals surface area contributed by atoms with Crippen LogP contribution in [0, 0.1) is 5.92 Å². The molecule has 2 fully saturated rings. The molecule has 2 saturated carbocycles. The van der Waals surface area contributed by atoms with Gasteiger partial charge in [-0.15, -0.1) is 0 Å². The number of carbonyl (C=O) groups excluding carboxylic acids is 1. The molecular formula is C23H25NO4S. The summed E-state index contributed by atoms with van der Waals surface area (Å²) in [6.45, 7) is 1.93. The van der Waals surface area contributed by atoms with Crippen LogP contribution in [0.15, 0.2) is 52.2 Å². The predicted octanol–water partition coefficient (Wildman–Crippen LogP) is 3.67. The molecule has 0 radical (unpaired) electrons. The van der Waals surface area contributed by atoms with Gasteiger partial charge in [0.25, 0.3) is 5.56 Å². The van der Waals surface area contributed by atoms with E-state index in [4.69, 9.17) is 0 Å². The molecule has 2 aromatic rings. The summed E-state index contributed by atoms with van der Waals surface area (Å²) in [5, 5.41) is -0.245. The minimum atomic E-state index is -3.24. The zero-order valence-corrected chi connectivity index (χ0v) is 17.3. The third-order valence-electron chi connectivity index (χ3n) is 5.81. The van der Waals surface area contributed by atoms with E-state index < -0.39 is 9.84 Å². The zero-order valence-electron chi connectivity index (χ0n) is 16.5. The molecule has 4 rings (SSSR count). The number of sulfone groups is 1. The fraction of sp³-hybridized carbons (Fsp3) is 0.391. The molecule has 2 aliphatic carbocycles. The summed E-state index contributed by atoms with van der Waals surface area (Å²) in [6.07, 6.45) is 6.05. The average Bonchev–Trinajstić information content (AvgIpc) is 3.49. The van der Waals surface area contributed by atoms with E-state index >= 15 is 0 Å². The molecule has 0 saturated heterocycles. The molecule has 0 unspecified atom stereocenters. The Bertz CT molecular complexity index is 1120. The first-order valence-electron chi connectivity index (χ1n) is 10.2. The lowest BCUT2D eigenvalue weighted by Gasteiger charge is -2.13. The summed E-state index contributed by atoms with van der Waals surface area (Å²) in [4.78, 5) is 27.4. The fourth-order valence-corrected chi connectivity index (χ4v) is 5.55. The van der Waals surface area contributed by atoms with E-state index in [9.17, 15) is 18.0 Å². The summed E-state index contributed by atoms with van der Waals surface area (Å²) in [7, 11) is -3.24. The van der Waals surface area contributed by atoms with Gasteiger partial charge in [-0.1, -0.05) is 31.2 Å². The van der Waals surface area contributed by atoms with Crippen LogP contribution >= 0.6 is 0 Å². The number of nitrogens with one attached hydrogen (secondary N) is 1. The van der Waals surface area contributed by atoms with Crippen LogP contribution in [-0.2, 0) is 21.1 Å². The van der Waals surface area contributed by atoms with Gasteiger partial charge in [0.15, 0.2) is 9.84 Å². The SMILES string of the molecule is CCc1ccc(/C(=C/[C@H]2CCC(=O)C2)c2ccc(S(=O)(=O)C3CC3)cc2)[nH]c1=O. The van der Waals surface area contributed by atoms with Gasteiger partial charge in [0.1, 0.15) is 5.78 Å². The molecule has 0 aliphatic heterocycles. The lowest BCUT2D eigenvalue weighted by atomic mass is 9.95. The van der Waals surface area contributed by atoms with Crippen molar-refractivity contribution in [1.82, 2.24) is 4.98 Å². The van der Waals surface area contributed by atoms with E-state index in [2.05, 4.69) is 4.98 Å². The van der Waals surface area contributed by atoms with Gasteiger partial charge in [0, 0.05) is 29.7 Å². The van der Waals surface area contributed by atoms with Gasteiger partial charge in [-0.3, -0.25) is 9.59 Å². The highest BCUT2D eigenvalue weighted by molar-refractivity contribution is 7.92. The molecule has 2 aliphatic rings. The van der Waals surface area contributed by atoms with Crippen LogP contribution in [0.4, 0.5) is 0 Å². The van der Waals surface area contributed by atoms with Crippen LogP contribution in [0.2, 0.25) is 0 Å². The quantitative estimate of drug-likeness (QED) is 0.786. The Balaban J connectivity index is 1.74. The molecule has 1 aromatic heterocycles. The second kappa shape index (κ2) is 7.75. The number of Topliss-reactive ketones (excluding diaryl/α,β-unsaturated/α-hetero) is 1. The van der Waals surface area contributed by atoms with Crippen molar-refractivity contribution in [2.24, 2.45) is 5.92 Å². The van der Waals surface area contributed by atoms with Gasteiger partial charge in [0.05, 0.1) is 10.1 Å². The summed E-state index contributed by atoms with van der Waals surface area (Å²) in [5.74, 6) is 0.382. The molecule has 1 aromatic carbocycles. The lowest BCUT2D eigenvalue weighted by Crippen LogP contribution is -2.14. The Hall–Kier alpha value is -2.47. The third kappa shape index (κ3) is 4.13. The number of aromatic amines is 1. The van der Waals surface area contributed by atoms with Crippen LogP contribution in [0.5, 0.6) is 0 Å². The second-order valence-corrected chi connectivity index (χ2v) is 10.2. The zero-order chi connectivity index (χ0) is 20.6. The van der Waals surface area contributed by atoms with Gasteiger partial charge in [-0.05, 0) is 55.4 Å². The first kappa shape index (κ1) is 19.8. The van der Waals surface area contributed by atoms with Crippen LogP contribution in [0.1, 0.15) is 55.8 Å². The van der Waals surface area contributed by atoms with Crippen LogP contribution in [-0.4, -0.2) is 24.4 Å². The Morgan fingerprint density at radius 1 is 1.07 bits per heavy atom. The van der Waals surface area contributed by atoms with Crippen molar-refractivity contribution in [2.75, 3.05) is 0 Å².